The van der Waals surface area contributed by atoms with Gasteiger partial charge >= 0.3 is 0 Å². The van der Waals surface area contributed by atoms with Gasteiger partial charge in [0, 0.05) is 45.5 Å². The molecule has 4 nitrogen and oxygen atoms in total. The Morgan fingerprint density at radius 2 is 2.10 bits per heavy atom. The number of hydrogen-bond acceptors (Lipinski definition) is 3. The Balaban J connectivity index is 1.58. The third-order valence-electron chi connectivity index (χ3n) is 4.23. The summed E-state index contributed by atoms with van der Waals surface area (Å²) in [7, 11) is 1.98. The van der Waals surface area contributed by atoms with Gasteiger partial charge in [0.25, 0.3) is 0 Å². The Hall–Kier alpha value is -1.65. The molecule has 1 unspecified atom stereocenters. The largest absolute Gasteiger partial charge is 0.314 e. The van der Waals surface area contributed by atoms with Crippen LogP contribution < -0.4 is 5.32 Å². The predicted molar refractivity (Wildman–Crippen MR) is 85.3 cm³/mol. The molecule has 1 atom stereocenters. The van der Waals surface area contributed by atoms with E-state index in [0.717, 1.165) is 39.0 Å². The third-order valence-corrected chi connectivity index (χ3v) is 4.23. The van der Waals surface area contributed by atoms with Crippen LogP contribution in [0.15, 0.2) is 42.7 Å². The van der Waals surface area contributed by atoms with E-state index in [0.29, 0.717) is 6.04 Å². The summed E-state index contributed by atoms with van der Waals surface area (Å²) in [5.74, 6) is 0. The van der Waals surface area contributed by atoms with Crippen molar-refractivity contribution in [3.63, 3.8) is 0 Å². The molecule has 3 rings (SSSR count). The van der Waals surface area contributed by atoms with E-state index in [2.05, 4.69) is 51.8 Å². The summed E-state index contributed by atoms with van der Waals surface area (Å²) in [4.78, 5) is 2.62. The lowest BCUT2D eigenvalue weighted by Gasteiger charge is -2.36. The van der Waals surface area contributed by atoms with Crippen LogP contribution in [0.4, 0.5) is 0 Å². The number of nitrogens with zero attached hydrogens (tertiary/aromatic N) is 3. The first-order chi connectivity index (χ1) is 10.3. The van der Waals surface area contributed by atoms with Crippen LogP contribution in [-0.2, 0) is 19.9 Å². The highest BCUT2D eigenvalue weighted by atomic mass is 15.2. The zero-order chi connectivity index (χ0) is 14.5. The van der Waals surface area contributed by atoms with Gasteiger partial charge in [-0.15, -0.1) is 0 Å². The van der Waals surface area contributed by atoms with E-state index in [-0.39, 0.29) is 0 Å². The SMILES string of the molecule is Cn1cc(CCN2CCNCC2Cc2ccccc2)cn1. The van der Waals surface area contributed by atoms with Gasteiger partial charge in [-0.3, -0.25) is 9.58 Å². The van der Waals surface area contributed by atoms with Gasteiger partial charge in [0.2, 0.25) is 0 Å². The molecule has 1 N–H and O–H groups in total. The van der Waals surface area contributed by atoms with Crippen molar-refractivity contribution in [2.24, 2.45) is 7.05 Å². The number of benzene rings is 1. The van der Waals surface area contributed by atoms with E-state index in [1.165, 1.54) is 11.1 Å². The zero-order valence-electron chi connectivity index (χ0n) is 12.7. The Kier molecular flexibility index (Phi) is 4.68. The monoisotopic (exact) mass is 284 g/mol. The highest BCUT2D eigenvalue weighted by Crippen LogP contribution is 2.12. The molecule has 1 aliphatic rings. The number of aryl methyl sites for hydroxylation is 1. The van der Waals surface area contributed by atoms with E-state index >= 15 is 0 Å². The molecule has 0 aliphatic carbocycles. The second kappa shape index (κ2) is 6.87. The highest BCUT2D eigenvalue weighted by Gasteiger charge is 2.22. The van der Waals surface area contributed by atoms with Crippen molar-refractivity contribution >= 4 is 0 Å². The maximum atomic E-state index is 4.25. The van der Waals surface area contributed by atoms with Crippen LogP contribution >= 0.6 is 0 Å². The van der Waals surface area contributed by atoms with Crippen molar-refractivity contribution in [2.75, 3.05) is 26.2 Å². The Morgan fingerprint density at radius 3 is 2.86 bits per heavy atom. The first-order valence-corrected chi connectivity index (χ1v) is 7.77. The third kappa shape index (κ3) is 3.93. The second-order valence-corrected chi connectivity index (χ2v) is 5.86. The van der Waals surface area contributed by atoms with Gasteiger partial charge in [-0.1, -0.05) is 30.3 Å². The normalized spacial score (nSPS) is 19.8. The van der Waals surface area contributed by atoms with Gasteiger partial charge in [-0.2, -0.15) is 5.10 Å². The summed E-state index contributed by atoms with van der Waals surface area (Å²) < 4.78 is 1.88. The van der Waals surface area contributed by atoms with Gasteiger partial charge in [0.05, 0.1) is 6.20 Å². The average molecular weight is 284 g/mol. The van der Waals surface area contributed by atoms with Crippen molar-refractivity contribution in [1.29, 1.82) is 0 Å². The minimum Gasteiger partial charge on any atom is -0.314 e. The first-order valence-electron chi connectivity index (χ1n) is 7.77. The fourth-order valence-electron chi connectivity index (χ4n) is 3.06. The molecule has 112 valence electrons. The molecule has 1 saturated heterocycles. The minimum absolute atomic E-state index is 0.595. The maximum Gasteiger partial charge on any atom is 0.0522 e. The second-order valence-electron chi connectivity index (χ2n) is 5.86. The van der Waals surface area contributed by atoms with E-state index in [4.69, 9.17) is 0 Å². The smallest absolute Gasteiger partial charge is 0.0522 e. The Morgan fingerprint density at radius 1 is 1.24 bits per heavy atom. The van der Waals surface area contributed by atoms with Crippen molar-refractivity contribution in [1.82, 2.24) is 20.0 Å². The molecule has 2 aromatic rings. The summed E-state index contributed by atoms with van der Waals surface area (Å²) >= 11 is 0. The molecule has 1 aromatic carbocycles. The molecule has 0 radical (unpaired) electrons. The van der Waals surface area contributed by atoms with Crippen LogP contribution in [0.2, 0.25) is 0 Å². The molecule has 4 heteroatoms. The molecular weight excluding hydrogens is 260 g/mol. The maximum absolute atomic E-state index is 4.25. The van der Waals surface area contributed by atoms with Crippen LogP contribution in [0.3, 0.4) is 0 Å². The molecule has 1 fully saturated rings. The lowest BCUT2D eigenvalue weighted by molar-refractivity contribution is 0.162. The zero-order valence-corrected chi connectivity index (χ0v) is 12.7. The summed E-state index contributed by atoms with van der Waals surface area (Å²) in [5.41, 5.74) is 2.76. The van der Waals surface area contributed by atoms with Gasteiger partial charge in [0.15, 0.2) is 0 Å². The standard InChI is InChI=1S/C17H24N4/c1-20-14-16(12-19-20)7-9-21-10-8-18-13-17(21)11-15-5-3-2-4-6-15/h2-6,12,14,17-18H,7-11,13H2,1H3. The van der Waals surface area contributed by atoms with Gasteiger partial charge in [-0.25, -0.2) is 0 Å². The van der Waals surface area contributed by atoms with Crippen LogP contribution in [0, 0.1) is 0 Å². The molecular formula is C17H24N4. The molecule has 1 aliphatic heterocycles. The summed E-state index contributed by atoms with van der Waals surface area (Å²) in [6, 6.07) is 11.4. The molecule has 1 aromatic heterocycles. The number of piperazine rings is 1. The van der Waals surface area contributed by atoms with Crippen LogP contribution in [-0.4, -0.2) is 46.9 Å². The van der Waals surface area contributed by atoms with Gasteiger partial charge in [0.1, 0.15) is 0 Å². The fraction of sp³-hybridized carbons (Fsp3) is 0.471. The number of aromatic nitrogens is 2. The van der Waals surface area contributed by atoms with Crippen molar-refractivity contribution in [3.05, 3.63) is 53.9 Å². The molecule has 0 amide bonds. The van der Waals surface area contributed by atoms with E-state index < -0.39 is 0 Å². The van der Waals surface area contributed by atoms with Crippen LogP contribution in [0.5, 0.6) is 0 Å². The number of nitrogens with one attached hydrogen (secondary N) is 1. The minimum atomic E-state index is 0.595. The van der Waals surface area contributed by atoms with Crippen LogP contribution in [0.25, 0.3) is 0 Å². The predicted octanol–water partition coefficient (Wildman–Crippen LogP) is 1.48. The van der Waals surface area contributed by atoms with Crippen molar-refractivity contribution in [2.45, 2.75) is 18.9 Å². The highest BCUT2D eigenvalue weighted by molar-refractivity contribution is 5.16. The number of rotatable bonds is 5. The quantitative estimate of drug-likeness (QED) is 0.903. The Labute approximate surface area is 126 Å². The van der Waals surface area contributed by atoms with Gasteiger partial charge in [-0.05, 0) is 24.0 Å². The summed E-state index contributed by atoms with van der Waals surface area (Å²) in [6.45, 7) is 4.43. The molecule has 0 spiro atoms. The van der Waals surface area contributed by atoms with Crippen LogP contribution in [0.1, 0.15) is 11.1 Å². The summed E-state index contributed by atoms with van der Waals surface area (Å²) in [6.07, 6.45) is 6.31. The lowest BCUT2D eigenvalue weighted by Crippen LogP contribution is -2.52. The van der Waals surface area contributed by atoms with Crippen molar-refractivity contribution in [3.8, 4) is 0 Å². The van der Waals surface area contributed by atoms with Gasteiger partial charge < -0.3 is 5.32 Å². The van der Waals surface area contributed by atoms with E-state index in [1.54, 1.807) is 0 Å². The van der Waals surface area contributed by atoms with E-state index in [9.17, 15) is 0 Å². The first kappa shape index (κ1) is 14.3. The average Bonchev–Trinajstić information content (AvgIpc) is 2.93. The lowest BCUT2D eigenvalue weighted by atomic mass is 10.0. The molecule has 21 heavy (non-hydrogen) atoms. The Bertz CT molecular complexity index is 549. The topological polar surface area (TPSA) is 33.1 Å². The molecule has 0 bridgehead atoms. The summed E-state index contributed by atoms with van der Waals surface area (Å²) in [5, 5.41) is 7.78. The van der Waals surface area contributed by atoms with Crippen molar-refractivity contribution < 1.29 is 0 Å². The van der Waals surface area contributed by atoms with E-state index in [1.807, 2.05) is 17.9 Å². The fourth-order valence-corrected chi connectivity index (χ4v) is 3.06. The number of hydrogen-bond donors (Lipinski definition) is 1. The molecule has 0 saturated carbocycles. The molecule has 2 heterocycles.